The average molecular weight is 689 g/mol. The Morgan fingerprint density at radius 3 is 0.898 bits per heavy atom. The van der Waals surface area contributed by atoms with Crippen LogP contribution in [0.25, 0.3) is 0 Å². The lowest BCUT2D eigenvalue weighted by Crippen LogP contribution is -2.23. The second kappa shape index (κ2) is 42.4. The van der Waals surface area contributed by atoms with E-state index in [2.05, 4.69) is 24.5 Å². The zero-order valence-corrected chi connectivity index (χ0v) is 33.0. The van der Waals surface area contributed by atoms with E-state index in [9.17, 15) is 9.59 Å². The highest BCUT2D eigenvalue weighted by atomic mass is 16.5. The molecular weight excluding hydrogens is 604 g/mol. The minimum absolute atomic E-state index is 0.158. The topological polar surface area (TPSA) is 67.4 Å². The van der Waals surface area contributed by atoms with E-state index in [0.717, 1.165) is 38.5 Å². The highest BCUT2D eigenvalue weighted by molar-refractivity contribution is 5.76. The highest BCUT2D eigenvalue weighted by Gasteiger charge is 2.01. The largest absolute Gasteiger partial charge is 0.473 e. The fourth-order valence-corrected chi connectivity index (χ4v) is 6.37. The summed E-state index contributed by atoms with van der Waals surface area (Å²) in [5.74, 6) is 0.316. The van der Waals surface area contributed by atoms with Gasteiger partial charge in [-0.3, -0.25) is 9.59 Å². The number of carbonyl (C=O) groups excluding carboxylic acids is 2. The van der Waals surface area contributed by atoms with Crippen LogP contribution < -0.4 is 10.6 Å². The number of ether oxygens (including phenoxy) is 1. The number of hydrogen-bond acceptors (Lipinski definition) is 3. The van der Waals surface area contributed by atoms with Crippen molar-refractivity contribution < 1.29 is 14.3 Å². The maximum atomic E-state index is 12.0. The zero-order chi connectivity index (χ0) is 35.6. The van der Waals surface area contributed by atoms with Gasteiger partial charge < -0.3 is 15.4 Å². The van der Waals surface area contributed by atoms with Gasteiger partial charge in [0.1, 0.15) is 0 Å². The van der Waals surface area contributed by atoms with Crippen LogP contribution in [0.2, 0.25) is 0 Å². The number of unbranched alkanes of at least 4 members (excludes halogenated alkanes) is 28. The summed E-state index contributed by atoms with van der Waals surface area (Å²) < 4.78 is 5.38. The summed E-state index contributed by atoms with van der Waals surface area (Å²) in [5, 5.41) is 6.00. The fraction of sp³-hybridized carbons (Fsp3) is 0.864. The molecule has 0 saturated carbocycles. The SMILES string of the molecule is CCCCCCCCCCCCCCCCCC(=O)NCCC=COC=CCCNC(=O)CCCCCCCCCCCCCCCCC. The van der Waals surface area contributed by atoms with Gasteiger partial charge in [0.15, 0.2) is 0 Å². The number of hydrogen-bond donors (Lipinski definition) is 2. The summed E-state index contributed by atoms with van der Waals surface area (Å²) in [5.41, 5.74) is 0. The van der Waals surface area contributed by atoms with E-state index in [1.54, 1.807) is 12.5 Å². The minimum Gasteiger partial charge on any atom is -0.473 e. The van der Waals surface area contributed by atoms with E-state index in [1.807, 2.05) is 12.2 Å². The van der Waals surface area contributed by atoms with Crippen LogP contribution in [0.5, 0.6) is 0 Å². The summed E-state index contributed by atoms with van der Waals surface area (Å²) in [4.78, 5) is 24.1. The molecule has 2 amide bonds. The molecule has 2 N–H and O–H groups in total. The standard InChI is InChI=1S/C44H84N2O3/c1-3-5-7-9-11-13-15-17-19-21-23-25-27-29-31-37-43(47)45-39-33-35-41-49-42-36-34-40-46-44(48)38-32-30-28-26-24-22-20-18-16-14-12-10-8-6-4-2/h35-36,41-42H,3-34,37-40H2,1-2H3,(H,45,47)(H,46,48). The first-order valence-corrected chi connectivity index (χ1v) is 21.7. The van der Waals surface area contributed by atoms with Crippen LogP contribution in [0.1, 0.15) is 232 Å². The van der Waals surface area contributed by atoms with Crippen LogP contribution in [0.4, 0.5) is 0 Å². The van der Waals surface area contributed by atoms with Crippen molar-refractivity contribution in [3.05, 3.63) is 24.7 Å². The Balaban J connectivity index is 3.34. The molecule has 0 aromatic carbocycles. The van der Waals surface area contributed by atoms with Crippen LogP contribution >= 0.6 is 0 Å². The van der Waals surface area contributed by atoms with Gasteiger partial charge in [0.2, 0.25) is 11.8 Å². The summed E-state index contributed by atoms with van der Waals surface area (Å²) in [6, 6.07) is 0. The maximum absolute atomic E-state index is 12.0. The van der Waals surface area contributed by atoms with Crippen molar-refractivity contribution in [1.29, 1.82) is 0 Å². The number of rotatable bonds is 40. The van der Waals surface area contributed by atoms with Crippen molar-refractivity contribution in [3.63, 3.8) is 0 Å². The number of nitrogens with one attached hydrogen (secondary N) is 2. The third-order valence-electron chi connectivity index (χ3n) is 9.63. The van der Waals surface area contributed by atoms with Crippen LogP contribution in [0.3, 0.4) is 0 Å². The van der Waals surface area contributed by atoms with Gasteiger partial charge in [-0.2, -0.15) is 0 Å². The monoisotopic (exact) mass is 689 g/mol. The Hall–Kier alpha value is -1.78. The Morgan fingerprint density at radius 1 is 0.388 bits per heavy atom. The first-order chi connectivity index (χ1) is 24.2. The van der Waals surface area contributed by atoms with Crippen LogP contribution in [0.15, 0.2) is 24.7 Å². The lowest BCUT2D eigenvalue weighted by Gasteiger charge is -2.05. The van der Waals surface area contributed by atoms with E-state index in [0.29, 0.717) is 25.9 Å². The summed E-state index contributed by atoms with van der Waals surface area (Å²) in [6.45, 7) is 5.85. The van der Waals surface area contributed by atoms with E-state index >= 15 is 0 Å². The molecule has 5 heteroatoms. The maximum Gasteiger partial charge on any atom is 0.220 e. The van der Waals surface area contributed by atoms with Crippen molar-refractivity contribution in [3.8, 4) is 0 Å². The van der Waals surface area contributed by atoms with E-state index < -0.39 is 0 Å². The molecule has 5 nitrogen and oxygen atoms in total. The Labute approximate surface area is 306 Å². The van der Waals surface area contributed by atoms with Crippen molar-refractivity contribution in [1.82, 2.24) is 10.6 Å². The van der Waals surface area contributed by atoms with Gasteiger partial charge in [0.05, 0.1) is 12.5 Å². The third-order valence-corrected chi connectivity index (χ3v) is 9.63. The molecule has 0 aliphatic carbocycles. The van der Waals surface area contributed by atoms with Gasteiger partial charge in [-0.25, -0.2) is 0 Å². The van der Waals surface area contributed by atoms with Crippen molar-refractivity contribution in [2.75, 3.05) is 13.1 Å². The molecule has 0 aromatic rings. The van der Waals surface area contributed by atoms with Gasteiger partial charge in [-0.05, 0) is 37.8 Å². The molecule has 0 rings (SSSR count). The smallest absolute Gasteiger partial charge is 0.220 e. The van der Waals surface area contributed by atoms with E-state index in [1.165, 1.54) is 167 Å². The zero-order valence-electron chi connectivity index (χ0n) is 33.0. The first kappa shape index (κ1) is 47.2. The molecular formula is C44H84N2O3. The van der Waals surface area contributed by atoms with Crippen molar-refractivity contribution >= 4 is 11.8 Å². The molecule has 0 radical (unpaired) electrons. The van der Waals surface area contributed by atoms with Crippen LogP contribution in [-0.2, 0) is 14.3 Å². The highest BCUT2D eigenvalue weighted by Crippen LogP contribution is 2.15. The lowest BCUT2D eigenvalue weighted by molar-refractivity contribution is -0.122. The summed E-state index contributed by atoms with van der Waals surface area (Å²) in [6.07, 6.45) is 50.2. The first-order valence-electron chi connectivity index (χ1n) is 21.7. The Kier molecular flexibility index (Phi) is 40.8. The summed E-state index contributed by atoms with van der Waals surface area (Å²) >= 11 is 0. The third kappa shape index (κ3) is 42.3. The Morgan fingerprint density at radius 2 is 0.633 bits per heavy atom. The van der Waals surface area contributed by atoms with Gasteiger partial charge in [0.25, 0.3) is 0 Å². The second-order valence-corrected chi connectivity index (χ2v) is 14.6. The Bertz CT molecular complexity index is 676. The molecule has 0 saturated heterocycles. The quantitative estimate of drug-likeness (QED) is 0.0497. The molecule has 0 aliphatic heterocycles. The molecule has 0 aromatic heterocycles. The predicted molar refractivity (Wildman–Crippen MR) is 214 cm³/mol. The molecule has 0 spiro atoms. The molecule has 0 aliphatic rings. The molecule has 49 heavy (non-hydrogen) atoms. The second-order valence-electron chi connectivity index (χ2n) is 14.6. The predicted octanol–water partition coefficient (Wildman–Crippen LogP) is 13.6. The molecule has 288 valence electrons. The van der Waals surface area contributed by atoms with Crippen molar-refractivity contribution in [2.45, 2.75) is 232 Å². The lowest BCUT2D eigenvalue weighted by atomic mass is 10.0. The van der Waals surface area contributed by atoms with E-state index in [-0.39, 0.29) is 11.8 Å². The van der Waals surface area contributed by atoms with Gasteiger partial charge in [-0.1, -0.05) is 194 Å². The molecule has 0 fully saturated rings. The van der Waals surface area contributed by atoms with Crippen LogP contribution in [-0.4, -0.2) is 24.9 Å². The molecule has 0 atom stereocenters. The fourth-order valence-electron chi connectivity index (χ4n) is 6.37. The van der Waals surface area contributed by atoms with Crippen LogP contribution in [0, 0.1) is 0 Å². The molecule has 0 unspecified atom stereocenters. The van der Waals surface area contributed by atoms with Crippen molar-refractivity contribution in [2.24, 2.45) is 0 Å². The molecule has 0 bridgehead atoms. The minimum atomic E-state index is 0.158. The van der Waals surface area contributed by atoms with Gasteiger partial charge in [-0.15, -0.1) is 0 Å². The summed E-state index contributed by atoms with van der Waals surface area (Å²) in [7, 11) is 0. The van der Waals surface area contributed by atoms with Gasteiger partial charge >= 0.3 is 0 Å². The van der Waals surface area contributed by atoms with E-state index in [4.69, 9.17) is 4.74 Å². The molecule has 0 heterocycles. The van der Waals surface area contributed by atoms with Gasteiger partial charge in [0, 0.05) is 25.9 Å². The average Bonchev–Trinajstić information content (AvgIpc) is 3.10. The number of amides is 2. The number of carbonyl (C=O) groups is 2. The normalized spacial score (nSPS) is 11.6.